The fourth-order valence-electron chi connectivity index (χ4n) is 2.51. The van der Waals surface area contributed by atoms with Crippen LogP contribution in [0.2, 0.25) is 0 Å². The molecule has 2 rings (SSSR count). The van der Waals surface area contributed by atoms with Gasteiger partial charge in [-0.05, 0) is 31.1 Å². The minimum Gasteiger partial charge on any atom is -0.349 e. The third-order valence-corrected chi connectivity index (χ3v) is 6.33. The van der Waals surface area contributed by atoms with E-state index >= 15 is 0 Å². The number of nitrogens with zero attached hydrogens (tertiary/aromatic N) is 1. The molecule has 0 aromatic heterocycles. The summed E-state index contributed by atoms with van der Waals surface area (Å²) >= 11 is 0. The molecule has 0 heterocycles. The molecule has 2 aromatic carbocycles. The zero-order chi connectivity index (χ0) is 15.9. The molecule has 0 spiro atoms. The average molecular weight is 313 g/mol. The van der Waals surface area contributed by atoms with Crippen LogP contribution in [0.1, 0.15) is 13.3 Å². The van der Waals surface area contributed by atoms with E-state index in [4.69, 9.17) is 0 Å². The summed E-state index contributed by atoms with van der Waals surface area (Å²) in [6.45, 7) is 2.03. The summed E-state index contributed by atoms with van der Waals surface area (Å²) in [4.78, 5) is 13.8. The summed E-state index contributed by atoms with van der Waals surface area (Å²) in [5, 5.41) is 2.77. The van der Waals surface area contributed by atoms with Gasteiger partial charge in [0.15, 0.2) is 0 Å². The van der Waals surface area contributed by atoms with Gasteiger partial charge in [-0.25, -0.2) is 0 Å². The monoisotopic (exact) mass is 313 g/mol. The Kier molecular flexibility index (Phi) is 6.15. The van der Waals surface area contributed by atoms with Gasteiger partial charge in [0, 0.05) is 20.0 Å². The molecule has 0 saturated heterocycles. The lowest BCUT2D eigenvalue weighted by Crippen LogP contribution is -2.29. The van der Waals surface area contributed by atoms with Gasteiger partial charge in [0.25, 0.3) is 0 Å². The number of carbonyl (C=O) groups is 1. The zero-order valence-electron chi connectivity index (χ0n) is 13.6. The molecule has 22 heavy (non-hydrogen) atoms. The van der Waals surface area contributed by atoms with E-state index in [1.807, 2.05) is 21.0 Å². The zero-order valence-corrected chi connectivity index (χ0v) is 14.5. The normalized spacial score (nSPS) is 12.2. The summed E-state index contributed by atoms with van der Waals surface area (Å²) in [7, 11) is 3.26. The topological polar surface area (TPSA) is 20.3 Å². The van der Waals surface area contributed by atoms with Crippen molar-refractivity contribution < 1.29 is 4.79 Å². The van der Waals surface area contributed by atoms with Gasteiger partial charge < -0.3 is 4.90 Å². The number of carbonyl (C=O) groups excluding carboxylic acids is 1. The third kappa shape index (κ3) is 4.42. The SMILES string of the molecule is CC(CCP(c1ccccc1)c1ccccc1)C(=O)N(C)C. The smallest absolute Gasteiger partial charge is 0.224 e. The minimum absolute atomic E-state index is 0.0763. The first-order valence-electron chi connectivity index (χ1n) is 7.68. The Morgan fingerprint density at radius 1 is 0.955 bits per heavy atom. The molecule has 0 aliphatic rings. The van der Waals surface area contributed by atoms with Crippen LogP contribution in [0.4, 0.5) is 0 Å². The van der Waals surface area contributed by atoms with Crippen molar-refractivity contribution in [1.29, 1.82) is 0 Å². The van der Waals surface area contributed by atoms with Crippen LogP contribution in [-0.4, -0.2) is 31.1 Å². The summed E-state index contributed by atoms with van der Waals surface area (Å²) in [5.74, 6) is 0.295. The number of benzene rings is 2. The molecule has 2 nitrogen and oxygen atoms in total. The predicted octanol–water partition coefficient (Wildman–Crippen LogP) is 3.23. The quantitative estimate of drug-likeness (QED) is 0.750. The lowest BCUT2D eigenvalue weighted by Gasteiger charge is -2.22. The van der Waals surface area contributed by atoms with E-state index in [2.05, 4.69) is 60.7 Å². The Morgan fingerprint density at radius 3 is 1.82 bits per heavy atom. The standard InChI is InChI=1S/C19H24NOP/c1-16(19(21)20(2)3)14-15-22(17-10-6-4-7-11-17)18-12-8-5-9-13-18/h4-13,16H,14-15H2,1-3H3. The number of rotatable bonds is 6. The molecular formula is C19H24NOP. The summed E-state index contributed by atoms with van der Waals surface area (Å²) < 4.78 is 0. The van der Waals surface area contributed by atoms with Gasteiger partial charge in [-0.1, -0.05) is 67.6 Å². The molecule has 116 valence electrons. The molecule has 3 heteroatoms. The Balaban J connectivity index is 2.15. The number of hydrogen-bond donors (Lipinski definition) is 0. The van der Waals surface area contributed by atoms with Crippen LogP contribution < -0.4 is 10.6 Å². The van der Waals surface area contributed by atoms with Crippen LogP contribution in [0.3, 0.4) is 0 Å². The molecule has 0 fully saturated rings. The molecular weight excluding hydrogens is 289 g/mol. The highest BCUT2D eigenvalue weighted by atomic mass is 31.1. The maximum Gasteiger partial charge on any atom is 0.224 e. The van der Waals surface area contributed by atoms with Gasteiger partial charge in [-0.15, -0.1) is 0 Å². The lowest BCUT2D eigenvalue weighted by molar-refractivity contribution is -0.132. The van der Waals surface area contributed by atoms with Crippen molar-refractivity contribution >= 4 is 24.4 Å². The van der Waals surface area contributed by atoms with E-state index in [9.17, 15) is 4.79 Å². The van der Waals surface area contributed by atoms with E-state index in [1.165, 1.54) is 10.6 Å². The molecule has 0 saturated carbocycles. The molecule has 0 N–H and O–H groups in total. The van der Waals surface area contributed by atoms with Crippen LogP contribution in [0.25, 0.3) is 0 Å². The van der Waals surface area contributed by atoms with Gasteiger partial charge in [-0.3, -0.25) is 4.79 Å². The summed E-state index contributed by atoms with van der Waals surface area (Å²) in [5.41, 5.74) is 0. The van der Waals surface area contributed by atoms with Crippen molar-refractivity contribution in [2.24, 2.45) is 5.92 Å². The molecule has 0 aliphatic heterocycles. The van der Waals surface area contributed by atoms with Crippen molar-refractivity contribution in [1.82, 2.24) is 4.90 Å². The van der Waals surface area contributed by atoms with E-state index in [-0.39, 0.29) is 11.8 Å². The van der Waals surface area contributed by atoms with Gasteiger partial charge in [0.1, 0.15) is 0 Å². The van der Waals surface area contributed by atoms with Gasteiger partial charge in [-0.2, -0.15) is 0 Å². The average Bonchev–Trinajstić information content (AvgIpc) is 2.56. The second kappa shape index (κ2) is 8.10. The summed E-state index contributed by atoms with van der Waals surface area (Å²) in [6.07, 6.45) is 1.97. The Hall–Kier alpha value is -1.66. The van der Waals surface area contributed by atoms with Gasteiger partial charge in [0.05, 0.1) is 0 Å². The highest BCUT2D eigenvalue weighted by Gasteiger charge is 2.19. The number of amides is 1. The first-order chi connectivity index (χ1) is 10.6. The largest absolute Gasteiger partial charge is 0.349 e. The molecule has 1 unspecified atom stereocenters. The van der Waals surface area contributed by atoms with Crippen molar-refractivity contribution in [3.8, 4) is 0 Å². The molecule has 1 amide bonds. The maximum atomic E-state index is 12.1. The van der Waals surface area contributed by atoms with Crippen molar-refractivity contribution in [3.05, 3.63) is 60.7 Å². The van der Waals surface area contributed by atoms with Crippen LogP contribution in [0, 0.1) is 5.92 Å². The summed E-state index contributed by atoms with van der Waals surface area (Å²) in [6, 6.07) is 21.3. The predicted molar refractivity (Wildman–Crippen MR) is 96.4 cm³/mol. The Labute approximate surface area is 134 Å². The maximum absolute atomic E-state index is 12.1. The fraction of sp³-hybridized carbons (Fsp3) is 0.316. The molecule has 0 bridgehead atoms. The van der Waals surface area contributed by atoms with E-state index in [0.29, 0.717) is 0 Å². The van der Waals surface area contributed by atoms with E-state index < -0.39 is 7.92 Å². The number of hydrogen-bond acceptors (Lipinski definition) is 1. The van der Waals surface area contributed by atoms with Gasteiger partial charge >= 0.3 is 0 Å². The van der Waals surface area contributed by atoms with Crippen LogP contribution in [0.15, 0.2) is 60.7 Å². The highest BCUT2D eigenvalue weighted by molar-refractivity contribution is 7.73. The van der Waals surface area contributed by atoms with Crippen LogP contribution in [0.5, 0.6) is 0 Å². The lowest BCUT2D eigenvalue weighted by atomic mass is 10.1. The third-order valence-electron chi connectivity index (χ3n) is 3.78. The second-order valence-electron chi connectivity index (χ2n) is 5.75. The second-order valence-corrected chi connectivity index (χ2v) is 8.08. The Morgan fingerprint density at radius 2 is 1.41 bits per heavy atom. The van der Waals surface area contributed by atoms with Crippen LogP contribution in [-0.2, 0) is 4.79 Å². The van der Waals surface area contributed by atoms with Gasteiger partial charge in [0.2, 0.25) is 5.91 Å². The fourth-order valence-corrected chi connectivity index (χ4v) is 5.03. The van der Waals surface area contributed by atoms with Crippen LogP contribution >= 0.6 is 7.92 Å². The van der Waals surface area contributed by atoms with E-state index in [0.717, 1.165) is 12.6 Å². The first-order valence-corrected chi connectivity index (χ1v) is 9.21. The Bertz CT molecular complexity index is 543. The molecule has 1 atom stereocenters. The van der Waals surface area contributed by atoms with Crippen molar-refractivity contribution in [2.75, 3.05) is 20.3 Å². The molecule has 2 aromatic rings. The minimum atomic E-state index is -0.398. The molecule has 0 radical (unpaired) electrons. The van der Waals surface area contributed by atoms with E-state index in [1.54, 1.807) is 4.90 Å². The van der Waals surface area contributed by atoms with Crippen molar-refractivity contribution in [3.63, 3.8) is 0 Å². The van der Waals surface area contributed by atoms with Crippen molar-refractivity contribution in [2.45, 2.75) is 13.3 Å². The molecule has 0 aliphatic carbocycles. The highest BCUT2D eigenvalue weighted by Crippen LogP contribution is 2.35. The first kappa shape index (κ1) is 16.7.